The summed E-state index contributed by atoms with van der Waals surface area (Å²) in [4.78, 5) is 15.5. The van der Waals surface area contributed by atoms with E-state index in [0.29, 0.717) is 11.3 Å². The third kappa shape index (κ3) is 3.34. The standard InChI is InChI=1S/C19H14F3N5O/c1-10-4-17-12(7-23-26-17)6-16(10)24-19-25-18(28)15(22)9-27(19)8-11-2-3-13(20)14(21)5-11/h2-7,9H,8H2,1H3,(H,23,26)(H,24,25,28). The average Bonchev–Trinajstić information content (AvgIpc) is 3.09. The van der Waals surface area contributed by atoms with E-state index < -0.39 is 23.0 Å². The first-order valence-corrected chi connectivity index (χ1v) is 8.32. The Morgan fingerprint density at radius 3 is 2.71 bits per heavy atom. The molecule has 9 heteroatoms. The van der Waals surface area contributed by atoms with Gasteiger partial charge < -0.3 is 9.88 Å². The summed E-state index contributed by atoms with van der Waals surface area (Å²) in [7, 11) is 0. The molecule has 4 rings (SSSR count). The van der Waals surface area contributed by atoms with Crippen molar-refractivity contribution in [2.45, 2.75) is 13.5 Å². The van der Waals surface area contributed by atoms with E-state index in [1.54, 1.807) is 6.20 Å². The number of nitrogens with zero attached hydrogens (tertiary/aromatic N) is 3. The van der Waals surface area contributed by atoms with Crippen molar-refractivity contribution in [2.24, 2.45) is 0 Å². The lowest BCUT2D eigenvalue weighted by Gasteiger charge is -2.15. The molecule has 2 aromatic heterocycles. The molecule has 0 aliphatic rings. The van der Waals surface area contributed by atoms with Crippen LogP contribution < -0.4 is 10.9 Å². The second-order valence-electron chi connectivity index (χ2n) is 6.34. The van der Waals surface area contributed by atoms with Crippen LogP contribution in [0.3, 0.4) is 0 Å². The molecule has 0 amide bonds. The van der Waals surface area contributed by atoms with E-state index in [4.69, 9.17) is 0 Å². The van der Waals surface area contributed by atoms with Crippen LogP contribution in [0.4, 0.5) is 24.8 Å². The third-order valence-electron chi connectivity index (χ3n) is 4.32. The van der Waals surface area contributed by atoms with E-state index in [-0.39, 0.29) is 12.5 Å². The predicted molar refractivity (Wildman–Crippen MR) is 98.0 cm³/mol. The van der Waals surface area contributed by atoms with Gasteiger partial charge in [-0.15, -0.1) is 0 Å². The van der Waals surface area contributed by atoms with Gasteiger partial charge in [-0.1, -0.05) is 6.07 Å². The van der Waals surface area contributed by atoms with E-state index in [9.17, 15) is 18.0 Å². The molecule has 0 aliphatic heterocycles. The van der Waals surface area contributed by atoms with Gasteiger partial charge in [-0.25, -0.2) is 8.78 Å². The monoisotopic (exact) mass is 385 g/mol. The first-order chi connectivity index (χ1) is 13.4. The molecular formula is C19H14F3N5O. The van der Waals surface area contributed by atoms with Crippen molar-refractivity contribution < 1.29 is 13.2 Å². The zero-order valence-corrected chi connectivity index (χ0v) is 14.6. The summed E-state index contributed by atoms with van der Waals surface area (Å²) in [5.41, 5.74) is 1.69. The fourth-order valence-electron chi connectivity index (χ4n) is 2.88. The highest BCUT2D eigenvalue weighted by Gasteiger charge is 2.12. The van der Waals surface area contributed by atoms with Crippen molar-refractivity contribution >= 4 is 22.5 Å². The normalized spacial score (nSPS) is 11.1. The Kier molecular flexibility index (Phi) is 4.34. The smallest absolute Gasteiger partial charge is 0.310 e. The Bertz CT molecular complexity index is 1250. The van der Waals surface area contributed by atoms with Crippen LogP contribution in [0.15, 0.2) is 47.5 Å². The molecule has 0 bridgehead atoms. The predicted octanol–water partition coefficient (Wildman–Crippen LogP) is 3.64. The molecule has 0 spiro atoms. The maximum Gasteiger partial charge on any atom is 0.310 e. The number of aromatic nitrogens is 4. The van der Waals surface area contributed by atoms with Crippen molar-refractivity contribution in [3.63, 3.8) is 0 Å². The maximum atomic E-state index is 13.8. The topological polar surface area (TPSA) is 75.6 Å². The van der Waals surface area contributed by atoms with Gasteiger partial charge >= 0.3 is 5.56 Å². The summed E-state index contributed by atoms with van der Waals surface area (Å²) in [5, 5.41) is 10.7. The number of halogens is 3. The van der Waals surface area contributed by atoms with Gasteiger partial charge in [0.15, 0.2) is 11.6 Å². The van der Waals surface area contributed by atoms with Gasteiger partial charge in [0.2, 0.25) is 11.8 Å². The maximum absolute atomic E-state index is 13.8. The molecule has 0 aliphatic carbocycles. The minimum atomic E-state index is -1.05. The largest absolute Gasteiger partial charge is 0.325 e. The molecule has 2 N–H and O–H groups in total. The molecule has 0 radical (unpaired) electrons. The Balaban J connectivity index is 1.74. The van der Waals surface area contributed by atoms with Crippen LogP contribution in [0.2, 0.25) is 0 Å². The second-order valence-corrected chi connectivity index (χ2v) is 6.34. The summed E-state index contributed by atoms with van der Waals surface area (Å²) < 4.78 is 41.8. The number of benzene rings is 2. The van der Waals surface area contributed by atoms with E-state index in [1.807, 2.05) is 19.1 Å². The van der Waals surface area contributed by atoms with Crippen molar-refractivity contribution in [1.82, 2.24) is 19.7 Å². The van der Waals surface area contributed by atoms with Gasteiger partial charge in [0.1, 0.15) is 0 Å². The number of H-pyrrole nitrogens is 1. The highest BCUT2D eigenvalue weighted by molar-refractivity contribution is 5.84. The van der Waals surface area contributed by atoms with Crippen LogP contribution in [-0.2, 0) is 6.54 Å². The Hall–Kier alpha value is -3.62. The summed E-state index contributed by atoms with van der Waals surface area (Å²) >= 11 is 0. The van der Waals surface area contributed by atoms with Crippen LogP contribution in [0.25, 0.3) is 10.9 Å². The molecule has 2 aromatic carbocycles. The van der Waals surface area contributed by atoms with Gasteiger partial charge in [-0.05, 0) is 42.3 Å². The zero-order valence-electron chi connectivity index (χ0n) is 14.6. The highest BCUT2D eigenvalue weighted by Crippen LogP contribution is 2.25. The second kappa shape index (κ2) is 6.84. The lowest BCUT2D eigenvalue weighted by atomic mass is 10.1. The van der Waals surface area contributed by atoms with Gasteiger partial charge in [-0.2, -0.15) is 14.5 Å². The fourth-order valence-corrected chi connectivity index (χ4v) is 2.88. The summed E-state index contributed by atoms with van der Waals surface area (Å²) in [6.45, 7) is 1.83. The molecule has 28 heavy (non-hydrogen) atoms. The molecule has 0 saturated carbocycles. The number of hydrogen-bond acceptors (Lipinski definition) is 4. The third-order valence-corrected chi connectivity index (χ3v) is 4.32. The lowest BCUT2D eigenvalue weighted by Crippen LogP contribution is -2.20. The fraction of sp³-hybridized carbons (Fsp3) is 0.105. The average molecular weight is 385 g/mol. The van der Waals surface area contributed by atoms with E-state index in [2.05, 4.69) is 20.5 Å². The number of nitrogens with one attached hydrogen (secondary N) is 2. The molecule has 4 aromatic rings. The van der Waals surface area contributed by atoms with Crippen molar-refractivity contribution in [3.05, 3.63) is 81.7 Å². The van der Waals surface area contributed by atoms with Gasteiger partial charge in [0, 0.05) is 17.3 Å². The summed E-state index contributed by atoms with van der Waals surface area (Å²) in [6, 6.07) is 7.05. The highest BCUT2D eigenvalue weighted by atomic mass is 19.2. The van der Waals surface area contributed by atoms with E-state index in [1.165, 1.54) is 10.6 Å². The zero-order chi connectivity index (χ0) is 19.8. The van der Waals surface area contributed by atoms with Crippen LogP contribution in [-0.4, -0.2) is 19.7 Å². The molecule has 0 saturated heterocycles. The quantitative estimate of drug-likeness (QED) is 0.563. The van der Waals surface area contributed by atoms with Crippen LogP contribution in [0.5, 0.6) is 0 Å². The van der Waals surface area contributed by atoms with Gasteiger partial charge in [-0.3, -0.25) is 9.89 Å². The van der Waals surface area contributed by atoms with E-state index in [0.717, 1.165) is 34.8 Å². The molecule has 0 unspecified atom stereocenters. The number of aryl methyl sites for hydroxylation is 1. The Labute approximate surface area is 156 Å². The SMILES string of the molecule is Cc1cc2[nH]ncc2cc1Nc1nc(=O)c(F)cn1Cc1ccc(F)c(F)c1. The van der Waals surface area contributed by atoms with Crippen molar-refractivity contribution in [3.8, 4) is 0 Å². The van der Waals surface area contributed by atoms with Crippen LogP contribution in [0.1, 0.15) is 11.1 Å². The molecule has 2 heterocycles. The molecule has 6 nitrogen and oxygen atoms in total. The number of fused-ring (bicyclic) bond motifs is 1. The first-order valence-electron chi connectivity index (χ1n) is 8.32. The first kappa shape index (κ1) is 17.8. The lowest BCUT2D eigenvalue weighted by molar-refractivity contribution is 0.506. The minimum absolute atomic E-state index is 0.0171. The van der Waals surface area contributed by atoms with Gasteiger partial charge in [0.25, 0.3) is 0 Å². The molecule has 142 valence electrons. The molecule has 0 atom stereocenters. The number of anilines is 2. The van der Waals surface area contributed by atoms with Crippen molar-refractivity contribution in [2.75, 3.05) is 5.32 Å². The Morgan fingerprint density at radius 2 is 1.93 bits per heavy atom. The van der Waals surface area contributed by atoms with Crippen LogP contribution in [0, 0.1) is 24.4 Å². The number of hydrogen-bond donors (Lipinski definition) is 2. The minimum Gasteiger partial charge on any atom is -0.325 e. The number of rotatable bonds is 4. The van der Waals surface area contributed by atoms with Gasteiger partial charge in [0.05, 0.1) is 18.3 Å². The summed E-state index contributed by atoms with van der Waals surface area (Å²) in [5.74, 6) is -2.96. The number of aromatic amines is 1. The van der Waals surface area contributed by atoms with Crippen molar-refractivity contribution in [1.29, 1.82) is 0 Å². The van der Waals surface area contributed by atoms with E-state index >= 15 is 0 Å². The van der Waals surface area contributed by atoms with Crippen LogP contribution >= 0.6 is 0 Å². The Morgan fingerprint density at radius 1 is 1.11 bits per heavy atom. The molecule has 0 fully saturated rings. The molecular weight excluding hydrogens is 371 g/mol. The summed E-state index contributed by atoms with van der Waals surface area (Å²) in [6.07, 6.45) is 2.62.